The molecule has 1 aromatic rings. The van der Waals surface area contributed by atoms with Crippen LogP contribution in [-0.2, 0) is 9.31 Å². The predicted octanol–water partition coefficient (Wildman–Crippen LogP) is 0.863. The van der Waals surface area contributed by atoms with E-state index in [2.05, 4.69) is 10.3 Å². The molecule has 8 nitrogen and oxygen atoms in total. The summed E-state index contributed by atoms with van der Waals surface area (Å²) in [5, 5.41) is 11.8. The van der Waals surface area contributed by atoms with Gasteiger partial charge in [-0.15, -0.1) is 0 Å². The summed E-state index contributed by atoms with van der Waals surface area (Å²) in [4.78, 5) is 28.8. The molecular formula is C17H24BN3O5. The van der Waals surface area contributed by atoms with Crippen LogP contribution in [0.5, 0.6) is 0 Å². The van der Waals surface area contributed by atoms with E-state index in [1.165, 1.54) is 4.90 Å². The second kappa shape index (κ2) is 6.55. The largest absolute Gasteiger partial charge is 0.496 e. The molecule has 3 rings (SSSR count). The summed E-state index contributed by atoms with van der Waals surface area (Å²) in [5.41, 5.74) is 0.149. The SMILES string of the molecule is CC1(C)OB(c2ccc(C(=O)N[C@@H]3CCN(C(=O)O)C3)nc2)OC1(C)C. The molecule has 0 aliphatic carbocycles. The second-order valence-electron chi connectivity index (χ2n) is 7.75. The number of hydrogen-bond donors (Lipinski definition) is 2. The molecule has 9 heteroatoms. The number of nitrogens with one attached hydrogen (secondary N) is 1. The minimum atomic E-state index is -0.966. The van der Waals surface area contributed by atoms with E-state index >= 15 is 0 Å². The van der Waals surface area contributed by atoms with Crippen molar-refractivity contribution in [3.63, 3.8) is 0 Å². The highest BCUT2D eigenvalue weighted by molar-refractivity contribution is 6.62. The van der Waals surface area contributed by atoms with Crippen LogP contribution in [0.3, 0.4) is 0 Å². The first-order valence-electron chi connectivity index (χ1n) is 8.69. The highest BCUT2D eigenvalue weighted by Gasteiger charge is 2.51. The lowest BCUT2D eigenvalue weighted by Crippen LogP contribution is -2.41. The standard InChI is InChI=1S/C17H24BN3O5/c1-16(2)17(3,4)26-18(25-16)11-5-6-13(19-9-11)14(22)20-12-7-8-21(10-12)15(23)24/h5-6,9,12H,7-8,10H2,1-4H3,(H,20,22)(H,23,24)/t12-/m1/s1. The average Bonchev–Trinajstić information content (AvgIpc) is 3.10. The Balaban J connectivity index is 1.61. The maximum absolute atomic E-state index is 12.3. The molecule has 0 aromatic carbocycles. The van der Waals surface area contributed by atoms with Gasteiger partial charge in [-0.2, -0.15) is 0 Å². The van der Waals surface area contributed by atoms with Crippen molar-refractivity contribution < 1.29 is 24.0 Å². The molecule has 2 amide bonds. The summed E-state index contributed by atoms with van der Waals surface area (Å²) < 4.78 is 11.9. The van der Waals surface area contributed by atoms with Crippen LogP contribution in [0.15, 0.2) is 18.3 Å². The van der Waals surface area contributed by atoms with E-state index in [1.54, 1.807) is 18.3 Å². The lowest BCUT2D eigenvalue weighted by atomic mass is 9.80. The van der Waals surface area contributed by atoms with Crippen molar-refractivity contribution in [2.75, 3.05) is 13.1 Å². The van der Waals surface area contributed by atoms with Gasteiger partial charge >= 0.3 is 13.2 Å². The van der Waals surface area contributed by atoms with E-state index in [9.17, 15) is 9.59 Å². The first-order valence-corrected chi connectivity index (χ1v) is 8.69. The van der Waals surface area contributed by atoms with Crippen LogP contribution in [0.1, 0.15) is 44.6 Å². The van der Waals surface area contributed by atoms with Gasteiger partial charge in [0.2, 0.25) is 0 Å². The van der Waals surface area contributed by atoms with Gasteiger partial charge < -0.3 is 24.6 Å². The number of aromatic nitrogens is 1. The fraction of sp³-hybridized carbons (Fsp3) is 0.588. The van der Waals surface area contributed by atoms with Gasteiger partial charge in [0.05, 0.1) is 11.2 Å². The summed E-state index contributed by atoms with van der Waals surface area (Å²) in [6, 6.07) is 3.20. The molecule has 2 fully saturated rings. The maximum atomic E-state index is 12.3. The number of carboxylic acid groups (broad SMARTS) is 1. The number of carbonyl (C=O) groups excluding carboxylic acids is 1. The lowest BCUT2D eigenvalue weighted by Gasteiger charge is -2.32. The number of nitrogens with zero attached hydrogens (tertiary/aromatic N) is 2. The summed E-state index contributed by atoms with van der Waals surface area (Å²) in [5.74, 6) is -0.317. The quantitative estimate of drug-likeness (QED) is 0.775. The third kappa shape index (κ3) is 3.54. The number of amides is 2. The molecule has 0 spiro atoms. The van der Waals surface area contributed by atoms with Crippen molar-refractivity contribution in [2.45, 2.75) is 51.4 Å². The normalized spacial score (nSPS) is 23.9. The van der Waals surface area contributed by atoms with Gasteiger partial charge in [-0.05, 0) is 40.2 Å². The van der Waals surface area contributed by atoms with Crippen molar-refractivity contribution in [2.24, 2.45) is 0 Å². The van der Waals surface area contributed by atoms with E-state index in [-0.39, 0.29) is 17.6 Å². The molecule has 2 aliphatic heterocycles. The second-order valence-corrected chi connectivity index (χ2v) is 7.75. The highest BCUT2D eigenvalue weighted by atomic mass is 16.7. The Morgan fingerprint density at radius 1 is 1.27 bits per heavy atom. The van der Waals surface area contributed by atoms with Gasteiger partial charge in [-0.3, -0.25) is 9.78 Å². The monoisotopic (exact) mass is 361 g/mol. The van der Waals surface area contributed by atoms with Crippen molar-refractivity contribution in [1.29, 1.82) is 0 Å². The zero-order valence-electron chi connectivity index (χ0n) is 15.5. The van der Waals surface area contributed by atoms with Gasteiger partial charge in [-0.25, -0.2) is 4.79 Å². The molecule has 2 N–H and O–H groups in total. The van der Waals surface area contributed by atoms with Gasteiger partial charge in [0.15, 0.2) is 0 Å². The third-order valence-electron chi connectivity index (χ3n) is 5.34. The first kappa shape index (κ1) is 18.7. The zero-order chi connectivity index (χ0) is 19.1. The highest BCUT2D eigenvalue weighted by Crippen LogP contribution is 2.36. The third-order valence-corrected chi connectivity index (χ3v) is 5.34. The van der Waals surface area contributed by atoms with E-state index in [1.807, 2.05) is 27.7 Å². The Labute approximate surface area is 153 Å². The molecule has 3 heterocycles. The van der Waals surface area contributed by atoms with Crippen molar-refractivity contribution >= 4 is 24.6 Å². The number of pyridine rings is 1. The Morgan fingerprint density at radius 2 is 1.92 bits per heavy atom. The average molecular weight is 361 g/mol. The fourth-order valence-electron chi connectivity index (χ4n) is 2.97. The van der Waals surface area contributed by atoms with Gasteiger partial charge in [0, 0.05) is 30.8 Å². The number of hydrogen-bond acceptors (Lipinski definition) is 5. The van der Waals surface area contributed by atoms with Crippen LogP contribution >= 0.6 is 0 Å². The van der Waals surface area contributed by atoms with Gasteiger partial charge in [0.25, 0.3) is 5.91 Å². The molecule has 0 bridgehead atoms. The van der Waals surface area contributed by atoms with Crippen LogP contribution in [-0.4, -0.2) is 64.4 Å². The van der Waals surface area contributed by atoms with Crippen LogP contribution in [0.25, 0.3) is 0 Å². The number of carbonyl (C=O) groups is 2. The van der Waals surface area contributed by atoms with Gasteiger partial charge in [-0.1, -0.05) is 6.07 Å². The van der Waals surface area contributed by atoms with Crippen molar-refractivity contribution in [3.8, 4) is 0 Å². The Bertz CT molecular complexity index is 691. The molecule has 0 saturated carbocycles. The smallest absolute Gasteiger partial charge is 0.465 e. The van der Waals surface area contributed by atoms with Crippen LogP contribution < -0.4 is 10.8 Å². The summed E-state index contributed by atoms with van der Waals surface area (Å²) in [6.45, 7) is 8.63. The lowest BCUT2D eigenvalue weighted by molar-refractivity contribution is 0.00578. The van der Waals surface area contributed by atoms with E-state index in [0.717, 1.165) is 5.46 Å². The Morgan fingerprint density at radius 3 is 2.42 bits per heavy atom. The Hall–Kier alpha value is -2.13. The molecular weight excluding hydrogens is 337 g/mol. The maximum Gasteiger partial charge on any atom is 0.496 e. The zero-order valence-corrected chi connectivity index (χ0v) is 15.5. The summed E-state index contributed by atoms with van der Waals surface area (Å²) in [7, 11) is -0.524. The predicted molar refractivity (Wildman–Crippen MR) is 95.4 cm³/mol. The summed E-state index contributed by atoms with van der Waals surface area (Å²) in [6.07, 6.45) is 1.21. The molecule has 2 saturated heterocycles. The molecule has 2 aliphatic rings. The molecule has 26 heavy (non-hydrogen) atoms. The summed E-state index contributed by atoms with van der Waals surface area (Å²) >= 11 is 0. The van der Waals surface area contributed by atoms with Crippen LogP contribution in [0.4, 0.5) is 4.79 Å². The molecule has 0 radical (unpaired) electrons. The van der Waals surface area contributed by atoms with Crippen LogP contribution in [0.2, 0.25) is 0 Å². The molecule has 1 atom stereocenters. The molecule has 0 unspecified atom stereocenters. The topological polar surface area (TPSA) is 101 Å². The van der Waals surface area contributed by atoms with Crippen molar-refractivity contribution in [1.82, 2.24) is 15.2 Å². The molecule has 140 valence electrons. The van der Waals surface area contributed by atoms with Crippen LogP contribution in [0, 0.1) is 0 Å². The minimum Gasteiger partial charge on any atom is -0.465 e. The first-order chi connectivity index (χ1) is 12.1. The van der Waals surface area contributed by atoms with E-state index in [0.29, 0.717) is 19.5 Å². The number of rotatable bonds is 3. The fourth-order valence-corrected chi connectivity index (χ4v) is 2.97. The van der Waals surface area contributed by atoms with Crippen molar-refractivity contribution in [3.05, 3.63) is 24.0 Å². The minimum absolute atomic E-state index is 0.192. The van der Waals surface area contributed by atoms with Gasteiger partial charge in [0.1, 0.15) is 5.69 Å². The Kier molecular flexibility index (Phi) is 4.70. The van der Waals surface area contributed by atoms with E-state index < -0.39 is 24.4 Å². The van der Waals surface area contributed by atoms with E-state index in [4.69, 9.17) is 14.4 Å². The molecule has 1 aromatic heterocycles. The number of likely N-dealkylation sites (tertiary alicyclic amines) is 1.